The molecule has 6 nitrogen and oxygen atoms in total. The van der Waals surface area contributed by atoms with E-state index in [1.165, 1.54) is 6.20 Å². The number of nitrogens with one attached hydrogen (secondary N) is 1. The first kappa shape index (κ1) is 13.6. The Labute approximate surface area is 111 Å². The van der Waals surface area contributed by atoms with Gasteiger partial charge >= 0.3 is 5.97 Å². The normalized spacial score (nSPS) is 15.0. The van der Waals surface area contributed by atoms with Crippen LogP contribution in [0.2, 0.25) is 0 Å². The van der Waals surface area contributed by atoms with Gasteiger partial charge in [0, 0.05) is 6.54 Å². The number of fused-ring (bicyclic) bond motifs is 1. The Balaban J connectivity index is 2.04. The average molecular weight is 265 g/mol. The number of rotatable bonds is 6. The first-order valence-corrected chi connectivity index (χ1v) is 6.71. The molecule has 0 bridgehead atoms. The van der Waals surface area contributed by atoms with E-state index in [1.807, 2.05) is 11.6 Å². The van der Waals surface area contributed by atoms with Crippen LogP contribution in [0.15, 0.2) is 6.20 Å². The molecule has 0 aromatic carbocycles. The van der Waals surface area contributed by atoms with E-state index in [0.29, 0.717) is 12.0 Å². The van der Waals surface area contributed by atoms with Gasteiger partial charge in [-0.2, -0.15) is 5.10 Å². The molecule has 1 amide bonds. The summed E-state index contributed by atoms with van der Waals surface area (Å²) in [6.45, 7) is 2.83. The number of hydrogen-bond donors (Lipinski definition) is 2. The number of unbranched alkanes of at least 4 members (excludes halogenated alkanes) is 1. The zero-order chi connectivity index (χ0) is 13.8. The topological polar surface area (TPSA) is 84.2 Å². The minimum absolute atomic E-state index is 0.327. The van der Waals surface area contributed by atoms with Gasteiger partial charge in [0.25, 0.3) is 5.91 Å². The predicted octanol–water partition coefficient (Wildman–Crippen LogP) is 1.20. The molecule has 0 radical (unpaired) electrons. The highest BCUT2D eigenvalue weighted by molar-refractivity contribution is 5.97. The standard InChI is InChI=1S/C13H19N3O3/c1-2-3-5-10(13(18)19)15-12(17)9-8-14-16-7-4-6-11(9)16/h8,10H,2-7H2,1H3,(H,15,17)(H,18,19)/t10-/m0/s1. The van der Waals surface area contributed by atoms with Crippen molar-refractivity contribution in [1.82, 2.24) is 15.1 Å². The van der Waals surface area contributed by atoms with Crippen molar-refractivity contribution >= 4 is 11.9 Å². The Morgan fingerprint density at radius 1 is 1.58 bits per heavy atom. The van der Waals surface area contributed by atoms with Gasteiger partial charge in [0.1, 0.15) is 6.04 Å². The maximum atomic E-state index is 12.1. The number of aliphatic carboxylic acids is 1. The summed E-state index contributed by atoms with van der Waals surface area (Å²) in [4.78, 5) is 23.2. The summed E-state index contributed by atoms with van der Waals surface area (Å²) < 4.78 is 1.82. The van der Waals surface area contributed by atoms with E-state index in [2.05, 4.69) is 10.4 Å². The van der Waals surface area contributed by atoms with Crippen molar-refractivity contribution in [2.75, 3.05) is 0 Å². The maximum Gasteiger partial charge on any atom is 0.326 e. The molecular formula is C13H19N3O3. The van der Waals surface area contributed by atoms with Crippen LogP contribution < -0.4 is 5.32 Å². The lowest BCUT2D eigenvalue weighted by Crippen LogP contribution is -2.40. The van der Waals surface area contributed by atoms with Gasteiger partial charge in [-0.3, -0.25) is 9.48 Å². The van der Waals surface area contributed by atoms with Gasteiger partial charge in [-0.15, -0.1) is 0 Å². The second-order valence-corrected chi connectivity index (χ2v) is 4.84. The number of aryl methyl sites for hydroxylation is 1. The monoisotopic (exact) mass is 265 g/mol. The lowest BCUT2D eigenvalue weighted by atomic mass is 10.1. The number of amides is 1. The van der Waals surface area contributed by atoms with E-state index in [-0.39, 0.29) is 5.91 Å². The molecule has 0 unspecified atom stereocenters. The van der Waals surface area contributed by atoms with E-state index < -0.39 is 12.0 Å². The van der Waals surface area contributed by atoms with Crippen molar-refractivity contribution in [2.45, 2.75) is 51.6 Å². The predicted molar refractivity (Wildman–Crippen MR) is 69.0 cm³/mol. The zero-order valence-electron chi connectivity index (χ0n) is 11.1. The van der Waals surface area contributed by atoms with Crippen LogP contribution in [0.25, 0.3) is 0 Å². The molecule has 1 atom stereocenters. The third kappa shape index (κ3) is 2.94. The summed E-state index contributed by atoms with van der Waals surface area (Å²) in [6, 6.07) is -0.815. The molecule has 0 saturated carbocycles. The van der Waals surface area contributed by atoms with Crippen molar-refractivity contribution < 1.29 is 14.7 Å². The highest BCUT2D eigenvalue weighted by Crippen LogP contribution is 2.18. The first-order valence-electron chi connectivity index (χ1n) is 6.71. The number of carboxylic acid groups (broad SMARTS) is 1. The smallest absolute Gasteiger partial charge is 0.326 e. The minimum Gasteiger partial charge on any atom is -0.480 e. The largest absolute Gasteiger partial charge is 0.480 e. The molecule has 2 heterocycles. The van der Waals surface area contributed by atoms with Crippen LogP contribution in [0.5, 0.6) is 0 Å². The highest BCUT2D eigenvalue weighted by atomic mass is 16.4. The Hall–Kier alpha value is -1.85. The molecule has 1 aromatic rings. The molecule has 1 aliphatic rings. The molecule has 2 rings (SSSR count). The molecule has 2 N–H and O–H groups in total. The van der Waals surface area contributed by atoms with E-state index in [9.17, 15) is 9.59 Å². The number of carbonyl (C=O) groups excluding carboxylic acids is 1. The fraction of sp³-hybridized carbons (Fsp3) is 0.615. The van der Waals surface area contributed by atoms with Crippen molar-refractivity contribution in [3.63, 3.8) is 0 Å². The summed E-state index contributed by atoms with van der Waals surface area (Å²) in [6.07, 6.45) is 5.49. The summed E-state index contributed by atoms with van der Waals surface area (Å²) in [7, 11) is 0. The van der Waals surface area contributed by atoms with Crippen LogP contribution in [-0.2, 0) is 17.8 Å². The third-order valence-electron chi connectivity index (χ3n) is 3.43. The Morgan fingerprint density at radius 3 is 3.05 bits per heavy atom. The van der Waals surface area contributed by atoms with Gasteiger partial charge in [0.2, 0.25) is 0 Å². The number of hydrogen-bond acceptors (Lipinski definition) is 3. The van der Waals surface area contributed by atoms with Crippen LogP contribution >= 0.6 is 0 Å². The van der Waals surface area contributed by atoms with Crippen molar-refractivity contribution in [1.29, 1.82) is 0 Å². The number of aromatic nitrogens is 2. The van der Waals surface area contributed by atoms with Gasteiger partial charge in [-0.05, 0) is 19.3 Å². The molecule has 0 fully saturated rings. The maximum absolute atomic E-state index is 12.1. The van der Waals surface area contributed by atoms with Crippen molar-refractivity contribution in [3.05, 3.63) is 17.5 Å². The lowest BCUT2D eigenvalue weighted by molar-refractivity contribution is -0.139. The van der Waals surface area contributed by atoms with Gasteiger partial charge < -0.3 is 10.4 Å². The summed E-state index contributed by atoms with van der Waals surface area (Å²) in [5.41, 5.74) is 1.43. The molecule has 0 saturated heterocycles. The second-order valence-electron chi connectivity index (χ2n) is 4.84. The Bertz CT molecular complexity index is 481. The van der Waals surface area contributed by atoms with E-state index in [4.69, 9.17) is 5.11 Å². The molecule has 1 aliphatic heterocycles. The van der Waals surface area contributed by atoms with Crippen LogP contribution in [0.3, 0.4) is 0 Å². The summed E-state index contributed by atoms with van der Waals surface area (Å²) >= 11 is 0. The summed E-state index contributed by atoms with van der Waals surface area (Å²) in [5, 5.41) is 15.8. The van der Waals surface area contributed by atoms with Crippen LogP contribution in [-0.4, -0.2) is 32.8 Å². The minimum atomic E-state index is -0.981. The molecule has 0 spiro atoms. The fourth-order valence-electron chi connectivity index (χ4n) is 2.35. The molecule has 0 aliphatic carbocycles. The lowest BCUT2D eigenvalue weighted by Gasteiger charge is -2.13. The van der Waals surface area contributed by atoms with Gasteiger partial charge in [-0.1, -0.05) is 19.8 Å². The van der Waals surface area contributed by atoms with E-state index >= 15 is 0 Å². The average Bonchev–Trinajstić information content (AvgIpc) is 2.95. The Kier molecular flexibility index (Phi) is 4.19. The van der Waals surface area contributed by atoms with E-state index in [0.717, 1.165) is 37.9 Å². The molecule has 104 valence electrons. The van der Waals surface area contributed by atoms with Gasteiger partial charge in [0.15, 0.2) is 0 Å². The van der Waals surface area contributed by atoms with Crippen LogP contribution in [0.4, 0.5) is 0 Å². The molecule has 19 heavy (non-hydrogen) atoms. The third-order valence-corrected chi connectivity index (χ3v) is 3.43. The fourth-order valence-corrected chi connectivity index (χ4v) is 2.35. The van der Waals surface area contributed by atoms with E-state index in [1.54, 1.807) is 0 Å². The number of nitrogens with zero attached hydrogens (tertiary/aromatic N) is 2. The molecular weight excluding hydrogens is 246 g/mol. The second kappa shape index (κ2) is 5.86. The molecule has 6 heteroatoms. The van der Waals surface area contributed by atoms with Gasteiger partial charge in [-0.25, -0.2) is 4.79 Å². The first-order chi connectivity index (χ1) is 9.13. The zero-order valence-corrected chi connectivity index (χ0v) is 11.1. The summed E-state index contributed by atoms with van der Waals surface area (Å²) in [5.74, 6) is -1.31. The van der Waals surface area contributed by atoms with Crippen molar-refractivity contribution in [2.24, 2.45) is 0 Å². The van der Waals surface area contributed by atoms with Crippen LogP contribution in [0.1, 0.15) is 48.7 Å². The molecule has 1 aromatic heterocycles. The number of carboxylic acids is 1. The van der Waals surface area contributed by atoms with Crippen LogP contribution in [0, 0.1) is 0 Å². The number of carbonyl (C=O) groups is 2. The van der Waals surface area contributed by atoms with Gasteiger partial charge in [0.05, 0.1) is 17.5 Å². The van der Waals surface area contributed by atoms with Crippen molar-refractivity contribution in [3.8, 4) is 0 Å². The SMILES string of the molecule is CCCC[C@H](NC(=O)c1cnn2c1CCC2)C(=O)O. The Morgan fingerprint density at radius 2 is 2.37 bits per heavy atom. The highest BCUT2D eigenvalue weighted by Gasteiger charge is 2.25. The quantitative estimate of drug-likeness (QED) is 0.809.